The van der Waals surface area contributed by atoms with Gasteiger partial charge >= 0.3 is 0 Å². The SMILES string of the molecule is COc1ccc(OC)c(CCC(=O)NC2CCCCC2CN)c1. The van der Waals surface area contributed by atoms with Gasteiger partial charge in [0.2, 0.25) is 5.91 Å². The summed E-state index contributed by atoms with van der Waals surface area (Å²) in [7, 11) is 3.27. The van der Waals surface area contributed by atoms with E-state index < -0.39 is 0 Å². The van der Waals surface area contributed by atoms with Crippen LogP contribution < -0.4 is 20.5 Å². The molecule has 1 saturated carbocycles. The predicted molar refractivity (Wildman–Crippen MR) is 90.8 cm³/mol. The third kappa shape index (κ3) is 4.86. The highest BCUT2D eigenvalue weighted by Crippen LogP contribution is 2.26. The molecule has 1 aliphatic rings. The summed E-state index contributed by atoms with van der Waals surface area (Å²) < 4.78 is 10.6. The number of aryl methyl sites for hydroxylation is 1. The van der Waals surface area contributed by atoms with Crippen LogP contribution in [0.3, 0.4) is 0 Å². The molecule has 0 saturated heterocycles. The van der Waals surface area contributed by atoms with E-state index in [9.17, 15) is 4.79 Å². The Morgan fingerprint density at radius 3 is 2.74 bits per heavy atom. The second-order valence-electron chi connectivity index (χ2n) is 6.13. The van der Waals surface area contributed by atoms with E-state index >= 15 is 0 Å². The zero-order chi connectivity index (χ0) is 16.7. The molecule has 0 heterocycles. The number of amides is 1. The second kappa shape index (κ2) is 8.77. The fraction of sp³-hybridized carbons (Fsp3) is 0.611. The van der Waals surface area contributed by atoms with E-state index in [0.717, 1.165) is 29.9 Å². The van der Waals surface area contributed by atoms with Crippen LogP contribution >= 0.6 is 0 Å². The summed E-state index contributed by atoms with van der Waals surface area (Å²) in [4.78, 5) is 12.3. The highest BCUT2D eigenvalue weighted by molar-refractivity contribution is 5.76. The third-order valence-electron chi connectivity index (χ3n) is 4.67. The summed E-state index contributed by atoms with van der Waals surface area (Å²) in [5.41, 5.74) is 6.81. The number of benzene rings is 1. The molecule has 1 fully saturated rings. The number of carbonyl (C=O) groups is 1. The Labute approximate surface area is 138 Å². The van der Waals surface area contributed by atoms with Crippen LogP contribution in [0.4, 0.5) is 0 Å². The maximum absolute atomic E-state index is 12.3. The number of rotatable bonds is 7. The lowest BCUT2D eigenvalue weighted by Crippen LogP contribution is -2.44. The maximum Gasteiger partial charge on any atom is 0.220 e. The molecule has 0 bridgehead atoms. The van der Waals surface area contributed by atoms with Crippen molar-refractivity contribution in [3.63, 3.8) is 0 Å². The fourth-order valence-electron chi connectivity index (χ4n) is 3.28. The summed E-state index contributed by atoms with van der Waals surface area (Å²) >= 11 is 0. The van der Waals surface area contributed by atoms with E-state index in [4.69, 9.17) is 15.2 Å². The van der Waals surface area contributed by atoms with Gasteiger partial charge in [0.05, 0.1) is 14.2 Å². The van der Waals surface area contributed by atoms with E-state index in [1.165, 1.54) is 12.8 Å². The fourth-order valence-corrected chi connectivity index (χ4v) is 3.28. The average Bonchev–Trinajstić information content (AvgIpc) is 2.60. The van der Waals surface area contributed by atoms with Crippen LogP contribution in [0.5, 0.6) is 11.5 Å². The van der Waals surface area contributed by atoms with E-state index in [-0.39, 0.29) is 11.9 Å². The standard InChI is InChI=1S/C18H28N2O3/c1-22-15-8-9-17(23-2)13(11-15)7-10-18(21)20-16-6-4-3-5-14(16)12-19/h8-9,11,14,16H,3-7,10,12,19H2,1-2H3,(H,20,21). The number of nitrogens with one attached hydrogen (secondary N) is 1. The van der Waals surface area contributed by atoms with Gasteiger partial charge in [-0.25, -0.2) is 0 Å². The first-order valence-electron chi connectivity index (χ1n) is 8.38. The Hall–Kier alpha value is -1.75. The van der Waals surface area contributed by atoms with Crippen LogP contribution in [0.15, 0.2) is 18.2 Å². The van der Waals surface area contributed by atoms with Crippen LogP contribution in [-0.2, 0) is 11.2 Å². The molecule has 0 aromatic heterocycles. The molecule has 1 aromatic rings. The second-order valence-corrected chi connectivity index (χ2v) is 6.13. The summed E-state index contributed by atoms with van der Waals surface area (Å²) in [6.45, 7) is 0.647. The monoisotopic (exact) mass is 320 g/mol. The van der Waals surface area contributed by atoms with Crippen molar-refractivity contribution in [2.45, 2.75) is 44.6 Å². The molecule has 1 amide bonds. The summed E-state index contributed by atoms with van der Waals surface area (Å²) in [6, 6.07) is 5.89. The van der Waals surface area contributed by atoms with Crippen molar-refractivity contribution in [1.29, 1.82) is 0 Å². The molecule has 0 radical (unpaired) electrons. The third-order valence-corrected chi connectivity index (χ3v) is 4.67. The first kappa shape index (κ1) is 17.6. The molecule has 1 aliphatic carbocycles. The lowest BCUT2D eigenvalue weighted by Gasteiger charge is -2.31. The van der Waals surface area contributed by atoms with Crippen LogP contribution in [-0.4, -0.2) is 32.7 Å². The highest BCUT2D eigenvalue weighted by atomic mass is 16.5. The van der Waals surface area contributed by atoms with Crippen molar-refractivity contribution in [3.05, 3.63) is 23.8 Å². The van der Waals surface area contributed by atoms with Crippen molar-refractivity contribution in [1.82, 2.24) is 5.32 Å². The number of hydrogen-bond acceptors (Lipinski definition) is 4. The van der Waals surface area contributed by atoms with E-state index in [1.54, 1.807) is 14.2 Å². The minimum Gasteiger partial charge on any atom is -0.497 e. The summed E-state index contributed by atoms with van der Waals surface area (Å²) in [5, 5.41) is 3.17. The summed E-state index contributed by atoms with van der Waals surface area (Å²) in [5.74, 6) is 2.06. The molecule has 5 nitrogen and oxygen atoms in total. The lowest BCUT2D eigenvalue weighted by atomic mass is 9.84. The van der Waals surface area contributed by atoms with Gasteiger partial charge in [0, 0.05) is 12.5 Å². The van der Waals surface area contributed by atoms with Crippen LogP contribution in [0, 0.1) is 5.92 Å². The van der Waals surface area contributed by atoms with Gasteiger partial charge in [-0.2, -0.15) is 0 Å². The van der Waals surface area contributed by atoms with E-state index in [1.807, 2.05) is 18.2 Å². The molecule has 1 aromatic carbocycles. The van der Waals surface area contributed by atoms with Crippen LogP contribution in [0.1, 0.15) is 37.7 Å². The molecular weight excluding hydrogens is 292 g/mol. The largest absolute Gasteiger partial charge is 0.497 e. The minimum absolute atomic E-state index is 0.0835. The molecule has 2 atom stereocenters. The Bertz CT molecular complexity index is 519. The van der Waals surface area contributed by atoms with Gasteiger partial charge < -0.3 is 20.5 Å². The Balaban J connectivity index is 1.91. The van der Waals surface area contributed by atoms with Crippen molar-refractivity contribution in [3.8, 4) is 11.5 Å². The first-order chi connectivity index (χ1) is 11.2. The molecule has 3 N–H and O–H groups in total. The van der Waals surface area contributed by atoms with Gasteiger partial charge in [0.25, 0.3) is 0 Å². The normalized spacial score (nSPS) is 20.8. The molecule has 2 rings (SSSR count). The number of nitrogens with two attached hydrogens (primary N) is 1. The average molecular weight is 320 g/mol. The zero-order valence-corrected chi connectivity index (χ0v) is 14.1. The van der Waals surface area contributed by atoms with E-state index in [2.05, 4.69) is 5.32 Å². The van der Waals surface area contributed by atoms with Gasteiger partial charge in [-0.1, -0.05) is 12.8 Å². The van der Waals surface area contributed by atoms with Crippen molar-refractivity contribution >= 4 is 5.91 Å². The number of carbonyl (C=O) groups excluding carboxylic acids is 1. The number of hydrogen-bond donors (Lipinski definition) is 2. The van der Waals surface area contributed by atoms with Crippen molar-refractivity contribution in [2.24, 2.45) is 11.7 Å². The quantitative estimate of drug-likeness (QED) is 0.808. The highest BCUT2D eigenvalue weighted by Gasteiger charge is 2.25. The smallest absolute Gasteiger partial charge is 0.220 e. The molecule has 128 valence electrons. The predicted octanol–water partition coefficient (Wildman–Crippen LogP) is 2.27. The lowest BCUT2D eigenvalue weighted by molar-refractivity contribution is -0.122. The van der Waals surface area contributed by atoms with Gasteiger partial charge in [-0.05, 0) is 55.5 Å². The molecule has 23 heavy (non-hydrogen) atoms. The minimum atomic E-state index is 0.0835. The van der Waals surface area contributed by atoms with Gasteiger partial charge in [0.1, 0.15) is 11.5 Å². The molecule has 2 unspecified atom stereocenters. The maximum atomic E-state index is 12.3. The van der Waals surface area contributed by atoms with Gasteiger partial charge in [0.15, 0.2) is 0 Å². The van der Waals surface area contributed by atoms with Gasteiger partial charge in [-0.15, -0.1) is 0 Å². The van der Waals surface area contributed by atoms with Crippen LogP contribution in [0.25, 0.3) is 0 Å². The van der Waals surface area contributed by atoms with Crippen LogP contribution in [0.2, 0.25) is 0 Å². The first-order valence-corrected chi connectivity index (χ1v) is 8.38. The Kier molecular flexibility index (Phi) is 6.71. The van der Waals surface area contributed by atoms with Crippen molar-refractivity contribution < 1.29 is 14.3 Å². The topological polar surface area (TPSA) is 73.6 Å². The Morgan fingerprint density at radius 1 is 1.26 bits per heavy atom. The summed E-state index contributed by atoms with van der Waals surface area (Å²) in [6.07, 6.45) is 5.62. The van der Waals surface area contributed by atoms with E-state index in [0.29, 0.717) is 25.3 Å². The molecule has 5 heteroatoms. The zero-order valence-electron chi connectivity index (χ0n) is 14.1. The van der Waals surface area contributed by atoms with Gasteiger partial charge in [-0.3, -0.25) is 4.79 Å². The number of ether oxygens (including phenoxy) is 2. The Morgan fingerprint density at radius 2 is 2.04 bits per heavy atom. The van der Waals surface area contributed by atoms with Crippen molar-refractivity contribution in [2.75, 3.05) is 20.8 Å². The molecule has 0 spiro atoms. The number of methoxy groups -OCH3 is 2. The molecule has 0 aliphatic heterocycles. The molecular formula is C18H28N2O3.